The average molecular weight is 811 g/mol. The van der Waals surface area contributed by atoms with Gasteiger partial charge in [-0.1, -0.05) is 112 Å². The number of carbonyl (C=O) groups excluding carboxylic acids is 1. The smallest absolute Gasteiger partial charge is 0.411 e. The molecule has 0 spiro atoms. The minimum absolute atomic E-state index is 0. The molecule has 0 radical (unpaired) electrons. The van der Waals surface area contributed by atoms with Crippen molar-refractivity contribution in [1.29, 1.82) is 0 Å². The summed E-state index contributed by atoms with van der Waals surface area (Å²) in [5.74, 6) is -0.0509. The Labute approximate surface area is 351 Å². The summed E-state index contributed by atoms with van der Waals surface area (Å²) in [6, 6.07) is 32.7. The van der Waals surface area contributed by atoms with Gasteiger partial charge < -0.3 is 14.7 Å². The van der Waals surface area contributed by atoms with Crippen molar-refractivity contribution < 1.29 is 29.0 Å². The van der Waals surface area contributed by atoms with Gasteiger partial charge in [-0.05, 0) is 89.7 Å². The van der Waals surface area contributed by atoms with E-state index in [2.05, 4.69) is 83.9 Å². The van der Waals surface area contributed by atoms with E-state index in [1.165, 1.54) is 16.7 Å². The summed E-state index contributed by atoms with van der Waals surface area (Å²) in [5.41, 5.74) is 16.8. The number of H-pyrrole nitrogens is 2. The van der Waals surface area contributed by atoms with Crippen LogP contribution in [0.2, 0.25) is 0 Å². The first-order chi connectivity index (χ1) is 28.0. The van der Waals surface area contributed by atoms with Gasteiger partial charge in [0.05, 0.1) is 28.5 Å². The fourth-order valence-electron chi connectivity index (χ4n) is 8.39. The van der Waals surface area contributed by atoms with Crippen LogP contribution in [0, 0.1) is 0 Å². The summed E-state index contributed by atoms with van der Waals surface area (Å²) in [4.78, 5) is 31.4. The van der Waals surface area contributed by atoms with Gasteiger partial charge in [-0.2, -0.15) is 0 Å². The fourth-order valence-corrected chi connectivity index (χ4v) is 8.39. The molecule has 58 heavy (non-hydrogen) atoms. The number of unbranched alkanes of at least 4 members (excludes halogenated alkanes) is 2. The molecule has 3 aromatic carbocycles. The summed E-state index contributed by atoms with van der Waals surface area (Å²) >= 11 is 0. The normalized spacial score (nSPS) is 12.4. The van der Waals surface area contributed by atoms with Crippen LogP contribution in [-0.2, 0) is 30.6 Å². The number of fused-ring (bicyclic) bond motifs is 11. The molecular formula is C50H43N5O2Zn. The molecule has 3 aromatic heterocycles. The molecule has 0 atom stereocenters. The van der Waals surface area contributed by atoms with Crippen LogP contribution >= 0.6 is 0 Å². The number of anilines is 1. The number of ether oxygens (including phenoxy) is 1. The third-order valence-electron chi connectivity index (χ3n) is 11.2. The van der Waals surface area contributed by atoms with Crippen molar-refractivity contribution in [2.24, 2.45) is 0 Å². The summed E-state index contributed by atoms with van der Waals surface area (Å²) < 4.78 is 6.00. The molecule has 0 unspecified atom stereocenters. The van der Waals surface area contributed by atoms with Crippen molar-refractivity contribution in [3.05, 3.63) is 161 Å². The Kier molecular flexibility index (Phi) is 11.0. The zero-order valence-corrected chi connectivity index (χ0v) is 35.6. The van der Waals surface area contributed by atoms with Crippen LogP contribution in [0.3, 0.4) is 0 Å². The Morgan fingerprint density at radius 3 is 1.86 bits per heavy atom. The number of aromatic nitrogens is 4. The third kappa shape index (κ3) is 7.09. The van der Waals surface area contributed by atoms with Crippen LogP contribution in [0.15, 0.2) is 110 Å². The molecular weight excluding hydrogens is 768 g/mol. The van der Waals surface area contributed by atoms with Gasteiger partial charge in [-0.3, -0.25) is 5.32 Å². The van der Waals surface area contributed by atoms with Crippen LogP contribution in [0.25, 0.3) is 80.8 Å². The standard InChI is InChI=1S/C50H43N5O2.Zn/c1-4-7-8-19-37-45-24-22-41(51-45)31(5-2)43-26-28-47(53-43)49(48-29-27-44(54-48)32(6-3)42-23-25-46(37)52-42)38-20-13-14-21-40(38)55-50(56)57-30-39-35-17-11-9-15-33(35)34-16-10-12-18-36(34)39;/h5-6,9-18,20-29,39,51,54H,2-4,7-8,19,30H2,1H3,(H,55,56);. The maximum Gasteiger partial charge on any atom is 0.411 e. The molecule has 8 heteroatoms. The largest absolute Gasteiger partial charge is 0.448 e. The maximum atomic E-state index is 13.7. The first kappa shape index (κ1) is 38.5. The molecule has 6 aromatic rings. The molecule has 0 saturated heterocycles. The first-order valence-electron chi connectivity index (χ1n) is 19.7. The van der Waals surface area contributed by atoms with E-state index < -0.39 is 6.09 Å². The number of aryl methyl sites for hydroxylation is 1. The predicted octanol–water partition coefficient (Wildman–Crippen LogP) is 12.7. The molecule has 1 amide bonds. The first-order valence-corrected chi connectivity index (χ1v) is 19.7. The van der Waals surface area contributed by atoms with Gasteiger partial charge in [0.1, 0.15) is 6.61 Å². The van der Waals surface area contributed by atoms with Gasteiger partial charge in [0.25, 0.3) is 0 Å². The number of amides is 1. The SMILES string of the molecule is C=Cc1c2nc(c(-c3ccccc3NC(=O)OCC3c4ccccc4-c4ccccc43)c3ccc([nH]3)c(C=C)c3nc(c(CCCCC)c4ccc1[nH]4)C=C3)C=C2.[Zn]. The van der Waals surface area contributed by atoms with Gasteiger partial charge >= 0.3 is 6.09 Å². The Morgan fingerprint density at radius 1 is 0.672 bits per heavy atom. The van der Waals surface area contributed by atoms with Crippen molar-refractivity contribution in [2.45, 2.75) is 38.5 Å². The second-order valence-electron chi connectivity index (χ2n) is 14.5. The van der Waals surface area contributed by atoms with Crippen molar-refractivity contribution in [3.63, 3.8) is 0 Å². The van der Waals surface area contributed by atoms with Crippen LogP contribution in [0.4, 0.5) is 10.5 Å². The molecule has 282 valence electrons. The molecule has 1 aliphatic carbocycles. The second-order valence-corrected chi connectivity index (χ2v) is 14.5. The van der Waals surface area contributed by atoms with Gasteiger partial charge in [0.15, 0.2) is 0 Å². The van der Waals surface area contributed by atoms with Gasteiger partial charge in [0.2, 0.25) is 0 Å². The minimum atomic E-state index is -0.530. The number of hydrogen-bond donors (Lipinski definition) is 3. The monoisotopic (exact) mass is 809 g/mol. The number of nitrogens with zero attached hydrogens (tertiary/aromatic N) is 2. The number of rotatable bonds is 10. The number of aromatic amines is 2. The van der Waals surface area contributed by atoms with Crippen molar-refractivity contribution in [3.8, 4) is 22.3 Å². The van der Waals surface area contributed by atoms with Gasteiger partial charge in [-0.15, -0.1) is 0 Å². The number of hydrogen-bond acceptors (Lipinski definition) is 4. The molecule has 8 bridgehead atoms. The zero-order valence-electron chi connectivity index (χ0n) is 32.6. The van der Waals surface area contributed by atoms with Crippen molar-refractivity contribution >= 4 is 70.3 Å². The van der Waals surface area contributed by atoms with E-state index in [1.807, 2.05) is 85.0 Å². The second kappa shape index (κ2) is 16.6. The maximum absolute atomic E-state index is 13.7. The molecule has 2 aliphatic heterocycles. The van der Waals surface area contributed by atoms with E-state index in [-0.39, 0.29) is 32.0 Å². The molecule has 5 heterocycles. The summed E-state index contributed by atoms with van der Waals surface area (Å²) in [6.45, 7) is 10.8. The molecule has 7 nitrogen and oxygen atoms in total. The molecule has 3 N–H and O–H groups in total. The van der Waals surface area contributed by atoms with E-state index in [4.69, 9.17) is 14.7 Å². The zero-order chi connectivity index (χ0) is 38.9. The van der Waals surface area contributed by atoms with Gasteiger partial charge in [0, 0.05) is 75.3 Å². The van der Waals surface area contributed by atoms with Crippen LogP contribution in [-0.4, -0.2) is 32.6 Å². The van der Waals surface area contributed by atoms with Crippen LogP contribution in [0.1, 0.15) is 82.7 Å². The van der Waals surface area contributed by atoms with E-state index in [0.717, 1.165) is 104 Å². The number of benzene rings is 3. The van der Waals surface area contributed by atoms with E-state index in [9.17, 15) is 4.79 Å². The van der Waals surface area contributed by atoms with Crippen LogP contribution in [0.5, 0.6) is 0 Å². The third-order valence-corrected chi connectivity index (χ3v) is 11.2. The number of para-hydroxylation sites is 1. The van der Waals surface area contributed by atoms with Crippen LogP contribution < -0.4 is 5.32 Å². The number of nitrogens with one attached hydrogen (secondary N) is 3. The van der Waals surface area contributed by atoms with Gasteiger partial charge in [-0.25, -0.2) is 14.8 Å². The Morgan fingerprint density at radius 2 is 1.21 bits per heavy atom. The molecule has 0 saturated carbocycles. The van der Waals surface area contributed by atoms with E-state index >= 15 is 0 Å². The molecule has 0 fully saturated rings. The van der Waals surface area contributed by atoms with E-state index in [1.54, 1.807) is 0 Å². The van der Waals surface area contributed by atoms with Crippen molar-refractivity contribution in [2.75, 3.05) is 11.9 Å². The fraction of sp³-hybridized carbons (Fsp3) is 0.140. The Hall–Kier alpha value is -6.37. The minimum Gasteiger partial charge on any atom is -0.448 e. The topological polar surface area (TPSA) is 95.7 Å². The van der Waals surface area contributed by atoms with E-state index in [0.29, 0.717) is 5.69 Å². The quantitative estimate of drug-likeness (QED) is 0.0947. The van der Waals surface area contributed by atoms with Crippen molar-refractivity contribution in [1.82, 2.24) is 19.9 Å². The molecule has 9 rings (SSSR count). The predicted molar refractivity (Wildman–Crippen MR) is 236 cm³/mol. The average Bonchev–Trinajstić information content (AvgIpc) is 4.10. The Balaban J connectivity index is 0.00000469. The number of carbonyl (C=O) groups is 1. The summed E-state index contributed by atoms with van der Waals surface area (Å²) in [6.07, 6.45) is 15.7. The summed E-state index contributed by atoms with van der Waals surface area (Å²) in [7, 11) is 0. The summed E-state index contributed by atoms with van der Waals surface area (Å²) in [5, 5.41) is 3.08. The Bertz CT molecular complexity index is 2770. The molecule has 3 aliphatic rings.